The fourth-order valence-corrected chi connectivity index (χ4v) is 2.08. The van der Waals surface area contributed by atoms with Crippen molar-refractivity contribution in [1.29, 1.82) is 5.26 Å². The highest BCUT2D eigenvalue weighted by Crippen LogP contribution is 2.26. The van der Waals surface area contributed by atoms with E-state index in [1.807, 2.05) is 26.0 Å². The number of hydrogen-bond acceptors (Lipinski definition) is 2. The summed E-state index contributed by atoms with van der Waals surface area (Å²) in [5, 5.41) is 9.10. The average Bonchev–Trinajstić information content (AvgIpc) is 2.30. The summed E-state index contributed by atoms with van der Waals surface area (Å²) in [7, 11) is 0. The molecule has 0 aliphatic heterocycles. The third-order valence-corrected chi connectivity index (χ3v) is 3.24. The van der Waals surface area contributed by atoms with E-state index in [9.17, 15) is 4.79 Å². The summed E-state index contributed by atoms with van der Waals surface area (Å²) in [6, 6.07) is 4.02. The smallest absolute Gasteiger partial charge is 0.266 e. The molecule has 3 heteroatoms. The average molecular weight is 232 g/mol. The Bertz CT molecular complexity index is 476. The van der Waals surface area contributed by atoms with Crippen LogP contribution in [0.25, 0.3) is 0 Å². The Hall–Kier alpha value is -1.56. The SMILES string of the molecule is CCC(CC)c1cc(C(C)C)[nH]c(=O)c1C#N. The van der Waals surface area contributed by atoms with Crippen molar-refractivity contribution in [3.63, 3.8) is 0 Å². The van der Waals surface area contributed by atoms with Crippen LogP contribution >= 0.6 is 0 Å². The first-order chi connectivity index (χ1) is 8.04. The van der Waals surface area contributed by atoms with Gasteiger partial charge in [-0.2, -0.15) is 5.26 Å². The molecule has 0 bridgehead atoms. The van der Waals surface area contributed by atoms with Crippen LogP contribution in [0.2, 0.25) is 0 Å². The number of hydrogen-bond donors (Lipinski definition) is 1. The van der Waals surface area contributed by atoms with Crippen molar-refractivity contribution in [3.8, 4) is 6.07 Å². The van der Waals surface area contributed by atoms with Gasteiger partial charge in [-0.25, -0.2) is 0 Å². The zero-order valence-corrected chi connectivity index (χ0v) is 11.0. The zero-order valence-electron chi connectivity index (χ0n) is 11.0. The molecule has 0 radical (unpaired) electrons. The third-order valence-electron chi connectivity index (χ3n) is 3.24. The van der Waals surface area contributed by atoms with Crippen LogP contribution < -0.4 is 5.56 Å². The quantitative estimate of drug-likeness (QED) is 0.866. The van der Waals surface area contributed by atoms with E-state index in [-0.39, 0.29) is 17.0 Å². The summed E-state index contributed by atoms with van der Waals surface area (Å²) in [4.78, 5) is 14.6. The van der Waals surface area contributed by atoms with Crippen molar-refractivity contribution in [2.24, 2.45) is 0 Å². The van der Waals surface area contributed by atoms with Crippen LogP contribution in [-0.4, -0.2) is 4.98 Å². The normalized spacial score (nSPS) is 10.9. The number of nitriles is 1. The van der Waals surface area contributed by atoms with E-state index in [0.717, 1.165) is 24.1 Å². The predicted molar refractivity (Wildman–Crippen MR) is 69.2 cm³/mol. The van der Waals surface area contributed by atoms with E-state index in [0.29, 0.717) is 5.92 Å². The molecule has 1 aromatic rings. The molecule has 0 aromatic carbocycles. The minimum Gasteiger partial charge on any atom is -0.325 e. The van der Waals surface area contributed by atoms with E-state index < -0.39 is 0 Å². The van der Waals surface area contributed by atoms with Crippen LogP contribution in [0.3, 0.4) is 0 Å². The Morgan fingerprint density at radius 3 is 2.35 bits per heavy atom. The molecule has 0 aliphatic rings. The molecule has 1 heterocycles. The summed E-state index contributed by atoms with van der Waals surface area (Å²) in [6.45, 7) is 8.25. The van der Waals surface area contributed by atoms with Gasteiger partial charge in [-0.15, -0.1) is 0 Å². The lowest BCUT2D eigenvalue weighted by molar-refractivity contribution is 0.634. The summed E-state index contributed by atoms with van der Waals surface area (Å²) < 4.78 is 0. The van der Waals surface area contributed by atoms with Gasteiger partial charge >= 0.3 is 0 Å². The Morgan fingerprint density at radius 1 is 1.35 bits per heavy atom. The summed E-state index contributed by atoms with van der Waals surface area (Å²) in [5.74, 6) is 0.563. The first kappa shape index (κ1) is 13.5. The molecule has 0 aliphatic carbocycles. The number of rotatable bonds is 4. The number of pyridine rings is 1. The Kier molecular flexibility index (Phi) is 4.51. The maximum absolute atomic E-state index is 11.9. The summed E-state index contributed by atoms with van der Waals surface area (Å²) in [6.07, 6.45) is 1.90. The van der Waals surface area contributed by atoms with Crippen LogP contribution in [0.4, 0.5) is 0 Å². The second-order valence-electron chi connectivity index (χ2n) is 4.66. The van der Waals surface area contributed by atoms with Gasteiger partial charge in [0.25, 0.3) is 5.56 Å². The number of nitrogens with zero attached hydrogens (tertiary/aromatic N) is 1. The largest absolute Gasteiger partial charge is 0.325 e. The number of aromatic nitrogens is 1. The fourth-order valence-electron chi connectivity index (χ4n) is 2.08. The van der Waals surface area contributed by atoms with Crippen molar-refractivity contribution in [2.45, 2.75) is 52.4 Å². The molecule has 92 valence electrons. The summed E-state index contributed by atoms with van der Waals surface area (Å²) >= 11 is 0. The van der Waals surface area contributed by atoms with E-state index >= 15 is 0 Å². The van der Waals surface area contributed by atoms with E-state index in [4.69, 9.17) is 5.26 Å². The maximum Gasteiger partial charge on any atom is 0.266 e. The van der Waals surface area contributed by atoms with Gasteiger partial charge in [-0.05, 0) is 36.3 Å². The van der Waals surface area contributed by atoms with Crippen LogP contribution in [0.5, 0.6) is 0 Å². The first-order valence-corrected chi connectivity index (χ1v) is 6.22. The minimum absolute atomic E-state index is 0.249. The Balaban J connectivity index is 3.45. The molecule has 1 rings (SSSR count). The molecule has 0 saturated heterocycles. The van der Waals surface area contributed by atoms with E-state index in [1.54, 1.807) is 0 Å². The highest BCUT2D eigenvalue weighted by Gasteiger charge is 2.17. The van der Waals surface area contributed by atoms with Gasteiger partial charge in [-0.3, -0.25) is 4.79 Å². The van der Waals surface area contributed by atoms with Gasteiger partial charge in [0, 0.05) is 5.69 Å². The number of H-pyrrole nitrogens is 1. The number of aromatic amines is 1. The van der Waals surface area contributed by atoms with Gasteiger partial charge in [-0.1, -0.05) is 27.7 Å². The molecular formula is C14H20N2O. The van der Waals surface area contributed by atoms with Gasteiger partial charge in [0.1, 0.15) is 11.6 Å². The Labute approximate surface area is 102 Å². The van der Waals surface area contributed by atoms with Gasteiger partial charge in [0.15, 0.2) is 0 Å². The second kappa shape index (κ2) is 5.67. The molecule has 3 nitrogen and oxygen atoms in total. The molecule has 17 heavy (non-hydrogen) atoms. The van der Waals surface area contributed by atoms with Gasteiger partial charge in [0.05, 0.1) is 0 Å². The molecule has 0 saturated carbocycles. The summed E-state index contributed by atoms with van der Waals surface area (Å²) in [5.41, 5.74) is 1.85. The van der Waals surface area contributed by atoms with Crippen molar-refractivity contribution in [2.75, 3.05) is 0 Å². The zero-order chi connectivity index (χ0) is 13.0. The van der Waals surface area contributed by atoms with Gasteiger partial charge < -0.3 is 4.98 Å². The second-order valence-corrected chi connectivity index (χ2v) is 4.66. The first-order valence-electron chi connectivity index (χ1n) is 6.22. The molecule has 0 spiro atoms. The minimum atomic E-state index is -0.249. The fraction of sp³-hybridized carbons (Fsp3) is 0.571. The molecular weight excluding hydrogens is 212 g/mol. The topological polar surface area (TPSA) is 56.6 Å². The van der Waals surface area contributed by atoms with Crippen LogP contribution in [0, 0.1) is 11.3 Å². The van der Waals surface area contributed by atoms with Crippen molar-refractivity contribution in [1.82, 2.24) is 4.98 Å². The maximum atomic E-state index is 11.9. The van der Waals surface area contributed by atoms with E-state index in [1.165, 1.54) is 0 Å². The predicted octanol–water partition coefficient (Wildman–Crippen LogP) is 3.27. The lowest BCUT2D eigenvalue weighted by Crippen LogP contribution is -2.18. The monoisotopic (exact) mass is 232 g/mol. The standard InChI is InChI=1S/C14H20N2O/c1-5-10(6-2)11-7-13(9(3)4)16-14(17)12(11)8-15/h7,9-10H,5-6H2,1-4H3,(H,16,17). The molecule has 0 unspecified atom stereocenters. The van der Waals surface area contributed by atoms with E-state index in [2.05, 4.69) is 18.8 Å². The lowest BCUT2D eigenvalue weighted by atomic mass is 9.89. The Morgan fingerprint density at radius 2 is 1.94 bits per heavy atom. The molecule has 1 N–H and O–H groups in total. The highest BCUT2D eigenvalue weighted by atomic mass is 16.1. The van der Waals surface area contributed by atoms with Gasteiger partial charge in [0.2, 0.25) is 0 Å². The van der Waals surface area contributed by atoms with Crippen LogP contribution in [-0.2, 0) is 0 Å². The number of nitrogens with one attached hydrogen (secondary N) is 1. The molecule has 0 fully saturated rings. The molecule has 0 atom stereocenters. The lowest BCUT2D eigenvalue weighted by Gasteiger charge is -2.16. The molecule has 0 amide bonds. The van der Waals surface area contributed by atoms with Crippen molar-refractivity contribution < 1.29 is 0 Å². The molecule has 1 aromatic heterocycles. The highest BCUT2D eigenvalue weighted by molar-refractivity contribution is 5.39. The van der Waals surface area contributed by atoms with Crippen LogP contribution in [0.15, 0.2) is 10.9 Å². The van der Waals surface area contributed by atoms with Crippen molar-refractivity contribution in [3.05, 3.63) is 33.2 Å². The third kappa shape index (κ3) is 2.76. The van der Waals surface area contributed by atoms with Crippen LogP contribution in [0.1, 0.15) is 69.2 Å². The van der Waals surface area contributed by atoms with Crippen molar-refractivity contribution >= 4 is 0 Å².